The van der Waals surface area contributed by atoms with E-state index in [1.54, 1.807) is 6.92 Å². The van der Waals surface area contributed by atoms with Crippen LogP contribution in [0.4, 0.5) is 0 Å². The van der Waals surface area contributed by atoms with Crippen LogP contribution in [-0.4, -0.2) is 129 Å². The molecule has 0 saturated carbocycles. The number of carbonyl (C=O) groups excluding carboxylic acids is 1. The molecular formula is C85H101NO16. The van der Waals surface area contributed by atoms with Crippen molar-refractivity contribution >= 4 is 5.91 Å². The van der Waals surface area contributed by atoms with Crippen LogP contribution in [0.5, 0.6) is 0 Å². The molecule has 17 heteroatoms. The number of hydrogen-bond acceptors (Lipinski definition) is 16. The molecule has 8 aromatic carbocycles. The minimum Gasteiger partial charge on any atom is -0.385 e. The van der Waals surface area contributed by atoms with Gasteiger partial charge in [-0.1, -0.05) is 289 Å². The summed E-state index contributed by atoms with van der Waals surface area (Å²) in [5, 5.41) is 16.5. The first-order chi connectivity index (χ1) is 50.3. The van der Waals surface area contributed by atoms with E-state index in [4.69, 9.17) is 66.3 Å². The summed E-state index contributed by atoms with van der Waals surface area (Å²) in [6.07, 6.45) is -8.99. The highest BCUT2D eigenvalue weighted by Gasteiger charge is 2.57. The Morgan fingerprint density at radius 1 is 0.333 bits per heavy atom. The Bertz CT molecular complexity index is 3540. The van der Waals surface area contributed by atoms with Gasteiger partial charge in [0.25, 0.3) is 0 Å². The van der Waals surface area contributed by atoms with E-state index in [1.165, 1.54) is 0 Å². The summed E-state index contributed by atoms with van der Waals surface area (Å²) < 4.78 is 99.2. The Morgan fingerprint density at radius 2 is 0.647 bits per heavy atom. The second-order valence-corrected chi connectivity index (χ2v) is 26.2. The first-order valence-corrected chi connectivity index (χ1v) is 36.3. The lowest BCUT2D eigenvalue weighted by Gasteiger charge is -2.51. The number of nitrogens with one attached hydrogen (secondary N) is 1. The van der Waals surface area contributed by atoms with Crippen molar-refractivity contribution < 1.29 is 76.2 Å². The first kappa shape index (κ1) is 75.8. The van der Waals surface area contributed by atoms with Gasteiger partial charge in [-0.2, -0.15) is 0 Å². The van der Waals surface area contributed by atoms with E-state index in [1.807, 2.05) is 243 Å². The van der Waals surface area contributed by atoms with Gasteiger partial charge >= 0.3 is 0 Å². The smallest absolute Gasteiger partial charge is 0.220 e. The maximum absolute atomic E-state index is 14.6. The molecule has 15 atom stereocenters. The number of aliphatic hydroxyl groups is 1. The lowest BCUT2D eigenvalue weighted by Crippen LogP contribution is -2.70. The van der Waals surface area contributed by atoms with Crippen LogP contribution >= 0.6 is 0 Å². The molecule has 3 heterocycles. The van der Waals surface area contributed by atoms with Crippen molar-refractivity contribution in [2.24, 2.45) is 0 Å². The summed E-state index contributed by atoms with van der Waals surface area (Å²) in [5.41, 5.74) is 7.36. The lowest BCUT2D eigenvalue weighted by molar-refractivity contribution is -0.382. The second-order valence-electron chi connectivity index (χ2n) is 26.2. The molecule has 0 spiro atoms. The summed E-state index contributed by atoms with van der Waals surface area (Å²) in [6.45, 7) is 5.84. The van der Waals surface area contributed by atoms with E-state index >= 15 is 0 Å². The minimum absolute atomic E-state index is 0.0189. The van der Waals surface area contributed by atoms with Gasteiger partial charge in [0.2, 0.25) is 5.91 Å². The van der Waals surface area contributed by atoms with Gasteiger partial charge in [0.15, 0.2) is 18.9 Å². The van der Waals surface area contributed by atoms with Crippen molar-refractivity contribution in [2.45, 2.75) is 204 Å². The fourth-order valence-corrected chi connectivity index (χ4v) is 13.0. The van der Waals surface area contributed by atoms with E-state index in [0.29, 0.717) is 13.2 Å². The molecule has 0 aliphatic carbocycles. The number of hydrogen-bond donors (Lipinski definition) is 2. The minimum atomic E-state index is -1.50. The summed E-state index contributed by atoms with van der Waals surface area (Å²) in [4.78, 5) is 14.6. The molecule has 0 unspecified atom stereocenters. The number of rotatable bonds is 41. The molecular weight excluding hydrogens is 1290 g/mol. The zero-order chi connectivity index (χ0) is 70.2. The van der Waals surface area contributed by atoms with Gasteiger partial charge in [-0.25, -0.2) is 0 Å². The number of aliphatic hydroxyl groups excluding tert-OH is 1. The Morgan fingerprint density at radius 3 is 1.05 bits per heavy atom. The van der Waals surface area contributed by atoms with Crippen LogP contribution < -0.4 is 5.32 Å². The highest BCUT2D eigenvalue weighted by molar-refractivity contribution is 5.76. The third-order valence-corrected chi connectivity index (χ3v) is 18.5. The molecule has 11 rings (SSSR count). The predicted octanol–water partition coefficient (Wildman–Crippen LogP) is 14.1. The Balaban J connectivity index is 0.994. The molecule has 0 radical (unpaired) electrons. The van der Waals surface area contributed by atoms with Gasteiger partial charge in [-0.15, -0.1) is 0 Å². The first-order valence-electron chi connectivity index (χ1n) is 36.3. The molecule has 3 saturated heterocycles. The topological polar surface area (TPSA) is 179 Å². The Hall–Kier alpha value is -7.37. The zero-order valence-electron chi connectivity index (χ0n) is 58.8. The standard InChI is InChI=1S/C85H101NO16/c1-3-5-6-7-8-33-50-92-85-82(81(97-58-69-48-31-16-32-49-69)77(94-55-66-42-25-13-26-43-66)71(100-85)60-90-52-63-36-19-10-20-37-63)102-83-74(86-73(87)4-2)79(95-56-67-44-27-14-28-45-67)78(72(98-83)61-91-53-64-38-21-11-22-39-64)101-84-75(88)80(96-57-68-46-29-15-30-47-68)76(93-54-65-40-23-12-24-41-65)70(99-84)59-89-51-62-34-17-9-18-35-62/h9-32,34-49,70-72,74-85,88H,3-8,33,50-61H2,1-2H3,(H,86,87)/t70-,71-,72-,74-,75-,76+,77-,78-,79-,80-,81+,82+,83+,84+,85+/m1/s1. The van der Waals surface area contributed by atoms with Crippen LogP contribution in [0.2, 0.25) is 0 Å². The van der Waals surface area contributed by atoms with E-state index in [0.717, 1.165) is 83.0 Å². The lowest BCUT2D eigenvalue weighted by atomic mass is 9.94. The summed E-state index contributed by atoms with van der Waals surface area (Å²) >= 11 is 0. The van der Waals surface area contributed by atoms with Crippen LogP contribution in [0.15, 0.2) is 243 Å². The van der Waals surface area contributed by atoms with Crippen molar-refractivity contribution in [1.82, 2.24) is 5.32 Å². The third-order valence-electron chi connectivity index (χ3n) is 18.5. The maximum Gasteiger partial charge on any atom is 0.220 e. The third kappa shape index (κ3) is 23.3. The molecule has 0 bridgehead atoms. The molecule has 1 amide bonds. The van der Waals surface area contributed by atoms with E-state index < -0.39 is 92.1 Å². The van der Waals surface area contributed by atoms with Gasteiger partial charge in [0.05, 0.1) is 72.7 Å². The number of benzene rings is 8. The second kappa shape index (κ2) is 41.8. The van der Waals surface area contributed by atoms with Gasteiger partial charge in [0.1, 0.15) is 73.2 Å². The number of amides is 1. The maximum atomic E-state index is 14.6. The summed E-state index contributed by atoms with van der Waals surface area (Å²) in [6, 6.07) is 77.9. The monoisotopic (exact) mass is 1390 g/mol. The van der Waals surface area contributed by atoms with Crippen LogP contribution in [0.25, 0.3) is 0 Å². The molecule has 2 N–H and O–H groups in total. The van der Waals surface area contributed by atoms with Gasteiger partial charge in [-0.05, 0) is 50.9 Å². The van der Waals surface area contributed by atoms with Crippen molar-refractivity contribution in [3.05, 3.63) is 287 Å². The van der Waals surface area contributed by atoms with Crippen LogP contribution in [0.3, 0.4) is 0 Å². The average molecular weight is 1390 g/mol. The van der Waals surface area contributed by atoms with Gasteiger partial charge < -0.3 is 76.7 Å². The van der Waals surface area contributed by atoms with Crippen LogP contribution in [-0.2, 0) is 124 Å². The molecule has 542 valence electrons. The zero-order valence-corrected chi connectivity index (χ0v) is 58.8. The van der Waals surface area contributed by atoms with Crippen molar-refractivity contribution in [2.75, 3.05) is 26.4 Å². The summed E-state index contributed by atoms with van der Waals surface area (Å²) in [5.74, 6) is -0.326. The molecule has 102 heavy (non-hydrogen) atoms. The fourth-order valence-electron chi connectivity index (χ4n) is 13.0. The summed E-state index contributed by atoms with van der Waals surface area (Å²) in [7, 11) is 0. The molecule has 8 aromatic rings. The van der Waals surface area contributed by atoms with E-state index in [2.05, 4.69) is 12.2 Å². The largest absolute Gasteiger partial charge is 0.385 e. The molecule has 3 fully saturated rings. The highest BCUT2D eigenvalue weighted by atomic mass is 16.8. The Labute approximate surface area is 601 Å². The van der Waals surface area contributed by atoms with Crippen molar-refractivity contribution in [3.63, 3.8) is 0 Å². The molecule has 3 aliphatic heterocycles. The Kier molecular flexibility index (Phi) is 31.1. The fraction of sp³-hybridized carbons (Fsp3) is 0.424. The molecule has 3 aliphatic rings. The van der Waals surface area contributed by atoms with Gasteiger partial charge in [0, 0.05) is 13.0 Å². The van der Waals surface area contributed by atoms with Crippen molar-refractivity contribution in [1.29, 1.82) is 0 Å². The van der Waals surface area contributed by atoms with E-state index in [9.17, 15) is 9.90 Å². The van der Waals surface area contributed by atoms with Crippen LogP contribution in [0.1, 0.15) is 103 Å². The average Bonchev–Trinajstić information content (AvgIpc) is 0.766. The van der Waals surface area contributed by atoms with E-state index in [-0.39, 0.29) is 78.4 Å². The number of unbranched alkanes of at least 4 members (excludes halogenated alkanes) is 5. The number of carbonyl (C=O) groups is 1. The number of ether oxygens (including phenoxy) is 14. The molecule has 17 nitrogen and oxygen atoms in total. The quantitative estimate of drug-likeness (QED) is 0.0345. The predicted molar refractivity (Wildman–Crippen MR) is 387 cm³/mol. The van der Waals surface area contributed by atoms with Crippen molar-refractivity contribution in [3.8, 4) is 0 Å². The van der Waals surface area contributed by atoms with Crippen LogP contribution in [0, 0.1) is 0 Å². The van der Waals surface area contributed by atoms with Gasteiger partial charge in [-0.3, -0.25) is 4.79 Å². The SMILES string of the molecule is CCCCCCCCO[C@H]1O[C@H](COCc2ccccc2)[C@@H](OCc2ccccc2)[C@H](OCc2ccccc2)[C@@H]1O[C@@H]1O[C@H](COCc2ccccc2)[C@@H](O[C@@H]2O[C@H](COCc3ccccc3)[C@H](OCc3ccccc3)[C@H](OCc3ccccc3)[C@H]2O)[C@H](OCc2ccccc2)[C@H]1NC(=O)CC. The normalized spacial score (nSPS) is 25.0. The molecule has 0 aromatic heterocycles. The highest BCUT2D eigenvalue weighted by Crippen LogP contribution is 2.38.